The molecule has 3 aliphatic rings. The Hall–Kier alpha value is -4.47. The second-order valence-electron chi connectivity index (χ2n) is 16.1. The molecular formula is C37H70N14O11. The standard InChI is InChI=1S/C37H70N14O11/c38-9-1-5-19(39)13-25(53)44-10-2-6-20(40)14-26(54)45-11-3-7-21(41)15-27(55)46-12-4-8-22(42)16-28(56)48-31-33(58)32(57)24(18-61-36(43)60)62-35(31)51-37-49-29-23(52)17-47-34(59)30(29)50-37/h19-24,29-33,35,52,57-58H,1-18,38-42H2,(H2,43,60)(H,44,53)(H,45,54)(H,46,55)(H,47,59)(H,48,56)(H2,49,50,51)/t19-,20-,21-,22-,23-,24+,29-,30-,31+,32-,33-,35+/m0/s1. The number of ether oxygens (including phenoxy) is 2. The number of carbonyl (C=O) groups is 6. The van der Waals surface area contributed by atoms with Crippen molar-refractivity contribution in [3.8, 4) is 0 Å². The van der Waals surface area contributed by atoms with Crippen LogP contribution in [0.25, 0.3) is 0 Å². The number of rotatable bonds is 27. The zero-order valence-electron chi connectivity index (χ0n) is 35.2. The molecule has 2 fully saturated rings. The number of aliphatic hydroxyl groups excluding tert-OH is 3. The van der Waals surface area contributed by atoms with Crippen LogP contribution in [0.15, 0.2) is 4.99 Å². The third-order valence-corrected chi connectivity index (χ3v) is 10.6. The molecule has 0 radical (unpaired) electrons. The van der Waals surface area contributed by atoms with E-state index < -0.39 is 85.4 Å². The number of nitrogens with one attached hydrogen (secondary N) is 7. The lowest BCUT2D eigenvalue weighted by atomic mass is 9.95. The molecule has 0 aliphatic carbocycles. The number of aliphatic imine (C=N–C) groups is 1. The van der Waals surface area contributed by atoms with Crippen molar-refractivity contribution < 1.29 is 53.6 Å². The lowest BCUT2D eigenvalue weighted by molar-refractivity contribution is -0.198. The van der Waals surface area contributed by atoms with Gasteiger partial charge in [-0.25, -0.2) is 9.79 Å². The van der Waals surface area contributed by atoms with Crippen molar-refractivity contribution in [1.29, 1.82) is 0 Å². The Balaban J connectivity index is 1.30. The zero-order chi connectivity index (χ0) is 45.8. The fraction of sp³-hybridized carbons (Fsp3) is 0.811. The van der Waals surface area contributed by atoms with Crippen LogP contribution in [0.5, 0.6) is 0 Å². The monoisotopic (exact) mass is 887 g/mol. The number of primary amides is 1. The molecule has 22 N–H and O–H groups in total. The highest BCUT2D eigenvalue weighted by atomic mass is 16.6. The summed E-state index contributed by atoms with van der Waals surface area (Å²) in [4.78, 5) is 77.6. The van der Waals surface area contributed by atoms with E-state index in [1.54, 1.807) is 0 Å². The summed E-state index contributed by atoms with van der Waals surface area (Å²) in [5.41, 5.74) is 34.8. The molecule has 3 heterocycles. The number of hydrogen-bond donors (Lipinski definition) is 16. The molecule has 354 valence electrons. The minimum Gasteiger partial charge on any atom is -0.447 e. The van der Waals surface area contributed by atoms with E-state index in [1.165, 1.54) is 0 Å². The fourth-order valence-electron chi connectivity index (χ4n) is 7.20. The van der Waals surface area contributed by atoms with E-state index in [9.17, 15) is 44.1 Å². The van der Waals surface area contributed by atoms with E-state index in [-0.39, 0.29) is 74.5 Å². The first-order valence-corrected chi connectivity index (χ1v) is 21.3. The zero-order valence-corrected chi connectivity index (χ0v) is 35.2. The lowest BCUT2D eigenvalue weighted by Gasteiger charge is -2.43. The van der Waals surface area contributed by atoms with Gasteiger partial charge in [0.25, 0.3) is 0 Å². The third kappa shape index (κ3) is 18.5. The molecule has 3 aliphatic heterocycles. The van der Waals surface area contributed by atoms with Gasteiger partial charge in [0, 0.05) is 76.0 Å². The largest absolute Gasteiger partial charge is 0.447 e. The number of hydrogen-bond acceptors (Lipinski definition) is 19. The summed E-state index contributed by atoms with van der Waals surface area (Å²) in [5, 5.41) is 51.4. The molecular weight excluding hydrogens is 816 g/mol. The first-order chi connectivity index (χ1) is 29.5. The minimum atomic E-state index is -1.64. The van der Waals surface area contributed by atoms with Gasteiger partial charge in [0.2, 0.25) is 29.5 Å². The van der Waals surface area contributed by atoms with Gasteiger partial charge in [0.05, 0.1) is 12.1 Å². The summed E-state index contributed by atoms with van der Waals surface area (Å²) in [5.74, 6) is -1.57. The van der Waals surface area contributed by atoms with Gasteiger partial charge in [0.15, 0.2) is 18.2 Å². The summed E-state index contributed by atoms with van der Waals surface area (Å²) in [6.45, 7) is 1.12. The van der Waals surface area contributed by atoms with Crippen molar-refractivity contribution in [2.45, 2.75) is 150 Å². The average molecular weight is 887 g/mol. The fourth-order valence-corrected chi connectivity index (χ4v) is 7.20. The van der Waals surface area contributed by atoms with Gasteiger partial charge >= 0.3 is 6.09 Å². The molecule has 3 rings (SSSR count). The number of fused-ring (bicyclic) bond motifs is 1. The first kappa shape index (κ1) is 51.9. The molecule has 25 heteroatoms. The van der Waals surface area contributed by atoms with E-state index in [1.807, 2.05) is 0 Å². The van der Waals surface area contributed by atoms with Crippen LogP contribution in [0, 0.1) is 0 Å². The number of nitrogens with zero attached hydrogens (tertiary/aromatic N) is 1. The van der Waals surface area contributed by atoms with Crippen LogP contribution in [0.4, 0.5) is 4.79 Å². The molecule has 0 spiro atoms. The van der Waals surface area contributed by atoms with Gasteiger partial charge in [-0.05, 0) is 57.9 Å². The maximum absolute atomic E-state index is 13.1. The number of guanidine groups is 1. The van der Waals surface area contributed by atoms with Gasteiger partial charge in [-0.15, -0.1) is 0 Å². The molecule has 6 amide bonds. The lowest BCUT2D eigenvalue weighted by Crippen LogP contribution is -2.69. The highest BCUT2D eigenvalue weighted by Gasteiger charge is 2.48. The molecule has 0 aromatic heterocycles. The van der Waals surface area contributed by atoms with Crippen LogP contribution in [-0.2, 0) is 33.4 Å². The topological polar surface area (TPSA) is 434 Å². The number of nitrogens with two attached hydrogens (primary N) is 6. The number of piperidine rings is 1. The highest BCUT2D eigenvalue weighted by molar-refractivity contribution is 5.92. The van der Waals surface area contributed by atoms with E-state index in [0.717, 1.165) is 6.42 Å². The SMILES string of the molecule is NCCC[C@H](N)CC(=O)NCCC[C@H](N)CC(=O)NCCC[C@H](N)CC(=O)NCCC[C@H](N)CC(=O)N[C@@H]1[C@H](O)[C@@H](O)[C@@H](COC(N)=O)O[C@H]1NC1=N[C@@H]2C(=O)NC[C@H](O)[C@@H]2N1. The maximum atomic E-state index is 13.1. The molecule has 0 bridgehead atoms. The molecule has 0 unspecified atom stereocenters. The van der Waals surface area contributed by atoms with E-state index in [0.29, 0.717) is 64.6 Å². The molecule has 12 atom stereocenters. The average Bonchev–Trinajstić information content (AvgIpc) is 3.64. The number of aliphatic hydroxyl groups is 3. The summed E-state index contributed by atoms with van der Waals surface area (Å²) >= 11 is 0. The van der Waals surface area contributed by atoms with Crippen molar-refractivity contribution >= 4 is 41.6 Å². The second-order valence-corrected chi connectivity index (χ2v) is 16.1. The Morgan fingerprint density at radius 3 is 1.71 bits per heavy atom. The Morgan fingerprint density at radius 1 is 0.758 bits per heavy atom. The van der Waals surface area contributed by atoms with Crippen molar-refractivity contribution in [2.75, 3.05) is 39.3 Å². The molecule has 0 aromatic rings. The van der Waals surface area contributed by atoms with Gasteiger partial charge < -0.3 is 96.4 Å². The van der Waals surface area contributed by atoms with Crippen molar-refractivity contribution in [2.24, 2.45) is 39.4 Å². The minimum absolute atomic E-state index is 0.00971. The Bertz CT molecular complexity index is 1500. The van der Waals surface area contributed by atoms with Crippen molar-refractivity contribution in [1.82, 2.24) is 37.2 Å². The van der Waals surface area contributed by atoms with Crippen LogP contribution in [-0.4, -0.2) is 169 Å². The Labute approximate surface area is 360 Å². The van der Waals surface area contributed by atoms with Gasteiger partial charge in [-0.2, -0.15) is 0 Å². The maximum Gasteiger partial charge on any atom is 0.404 e. The molecule has 25 nitrogen and oxygen atoms in total. The van der Waals surface area contributed by atoms with E-state index in [4.69, 9.17) is 43.9 Å². The molecule has 0 saturated carbocycles. The first-order valence-electron chi connectivity index (χ1n) is 21.3. The van der Waals surface area contributed by atoms with Crippen LogP contribution < -0.4 is 71.6 Å². The number of amides is 6. The summed E-state index contributed by atoms with van der Waals surface area (Å²) < 4.78 is 10.6. The molecule has 2 saturated heterocycles. The molecule has 0 aromatic carbocycles. The highest BCUT2D eigenvalue weighted by Crippen LogP contribution is 2.22. The van der Waals surface area contributed by atoms with Crippen LogP contribution in [0.2, 0.25) is 0 Å². The predicted molar refractivity (Wildman–Crippen MR) is 224 cm³/mol. The Kier molecular flexibility index (Phi) is 22.5. The van der Waals surface area contributed by atoms with Crippen LogP contribution >= 0.6 is 0 Å². The van der Waals surface area contributed by atoms with Gasteiger partial charge in [0.1, 0.15) is 31.0 Å². The quantitative estimate of drug-likeness (QED) is 0.0341. The van der Waals surface area contributed by atoms with E-state index >= 15 is 0 Å². The number of carbonyl (C=O) groups excluding carboxylic acids is 6. The number of β-amino-alcohol motifs (C(OH)–C–C–N with tert-alkyl or cyclic N) is 1. The summed E-state index contributed by atoms with van der Waals surface area (Å²) in [6, 6.07) is -4.65. The predicted octanol–water partition coefficient (Wildman–Crippen LogP) is -6.91. The second kappa shape index (κ2) is 26.9. The van der Waals surface area contributed by atoms with Gasteiger partial charge in [-0.1, -0.05) is 0 Å². The summed E-state index contributed by atoms with van der Waals surface area (Å²) in [7, 11) is 0. The van der Waals surface area contributed by atoms with Crippen molar-refractivity contribution in [3.63, 3.8) is 0 Å². The molecule has 62 heavy (non-hydrogen) atoms. The van der Waals surface area contributed by atoms with Crippen molar-refractivity contribution in [3.05, 3.63) is 0 Å². The van der Waals surface area contributed by atoms with E-state index in [2.05, 4.69) is 42.2 Å². The normalized spacial score (nSPS) is 26.3. The third-order valence-electron chi connectivity index (χ3n) is 10.6. The van der Waals surface area contributed by atoms with Crippen LogP contribution in [0.1, 0.15) is 77.0 Å². The smallest absolute Gasteiger partial charge is 0.404 e. The van der Waals surface area contributed by atoms with Gasteiger partial charge in [-0.3, -0.25) is 24.0 Å². The van der Waals surface area contributed by atoms with Crippen LogP contribution in [0.3, 0.4) is 0 Å². The summed E-state index contributed by atoms with van der Waals surface area (Å²) in [6.07, 6.45) is -3.15. The Morgan fingerprint density at radius 2 is 1.24 bits per heavy atom.